The van der Waals surface area contributed by atoms with Crippen LogP contribution in [0.2, 0.25) is 0 Å². The minimum Gasteiger partial charge on any atom is -0.493 e. The standard InChI is InChI=1S/C18H29NO3/c1-13(2)22-15-8-7-14(10-16(15)21-4)11-19-17-6-5-9-18(17,3)12-20/h7-8,10,13,17,19-20H,5-6,9,11-12H2,1-4H3. The van der Waals surface area contributed by atoms with Gasteiger partial charge in [0.1, 0.15) is 0 Å². The van der Waals surface area contributed by atoms with E-state index in [0.717, 1.165) is 30.9 Å². The second kappa shape index (κ2) is 7.34. The van der Waals surface area contributed by atoms with Gasteiger partial charge in [0.2, 0.25) is 0 Å². The van der Waals surface area contributed by atoms with Gasteiger partial charge in [-0.2, -0.15) is 0 Å². The first-order valence-electron chi connectivity index (χ1n) is 8.16. The molecule has 0 saturated heterocycles. The Labute approximate surface area is 133 Å². The highest BCUT2D eigenvalue weighted by molar-refractivity contribution is 5.43. The van der Waals surface area contributed by atoms with Gasteiger partial charge in [0.25, 0.3) is 0 Å². The first kappa shape index (κ1) is 17.1. The van der Waals surface area contributed by atoms with E-state index < -0.39 is 0 Å². The van der Waals surface area contributed by atoms with Crippen molar-refractivity contribution in [2.45, 2.75) is 58.7 Å². The largest absolute Gasteiger partial charge is 0.493 e. The molecule has 1 aromatic carbocycles. The van der Waals surface area contributed by atoms with E-state index in [-0.39, 0.29) is 18.1 Å². The lowest BCUT2D eigenvalue weighted by molar-refractivity contribution is 0.118. The summed E-state index contributed by atoms with van der Waals surface area (Å²) < 4.78 is 11.2. The predicted octanol–water partition coefficient (Wildman–Crippen LogP) is 3.12. The summed E-state index contributed by atoms with van der Waals surface area (Å²) in [6.07, 6.45) is 3.52. The van der Waals surface area contributed by atoms with Crippen LogP contribution in [0.4, 0.5) is 0 Å². The van der Waals surface area contributed by atoms with E-state index in [1.807, 2.05) is 26.0 Å². The van der Waals surface area contributed by atoms with Crippen molar-refractivity contribution in [3.05, 3.63) is 23.8 Å². The third-order valence-electron chi connectivity index (χ3n) is 4.59. The Morgan fingerprint density at radius 3 is 2.77 bits per heavy atom. The molecular formula is C18H29NO3. The minimum atomic E-state index is 0.00474. The summed E-state index contributed by atoms with van der Waals surface area (Å²) in [5.74, 6) is 1.55. The van der Waals surface area contributed by atoms with E-state index >= 15 is 0 Å². The Balaban J connectivity index is 2.01. The van der Waals surface area contributed by atoms with Crippen molar-refractivity contribution in [2.75, 3.05) is 13.7 Å². The van der Waals surface area contributed by atoms with Crippen LogP contribution in [0.3, 0.4) is 0 Å². The lowest BCUT2D eigenvalue weighted by atomic mass is 9.86. The molecule has 0 amide bonds. The number of nitrogens with one attached hydrogen (secondary N) is 1. The molecule has 0 aromatic heterocycles. The maximum absolute atomic E-state index is 9.62. The summed E-state index contributed by atoms with van der Waals surface area (Å²) in [6.45, 7) is 7.20. The number of aliphatic hydroxyl groups excluding tert-OH is 1. The molecule has 0 radical (unpaired) electrons. The number of methoxy groups -OCH3 is 1. The van der Waals surface area contributed by atoms with E-state index in [9.17, 15) is 5.11 Å². The van der Waals surface area contributed by atoms with Gasteiger partial charge in [-0.05, 0) is 44.4 Å². The van der Waals surface area contributed by atoms with Crippen LogP contribution in [0.5, 0.6) is 11.5 Å². The van der Waals surface area contributed by atoms with E-state index in [2.05, 4.69) is 18.3 Å². The zero-order valence-corrected chi connectivity index (χ0v) is 14.2. The Hall–Kier alpha value is -1.26. The number of hydrogen-bond donors (Lipinski definition) is 2. The molecule has 2 unspecified atom stereocenters. The molecule has 2 N–H and O–H groups in total. The highest BCUT2D eigenvalue weighted by atomic mass is 16.5. The van der Waals surface area contributed by atoms with Crippen molar-refractivity contribution < 1.29 is 14.6 Å². The summed E-state index contributed by atoms with van der Waals surface area (Å²) in [6, 6.07) is 6.43. The SMILES string of the molecule is COc1cc(CNC2CCCC2(C)CO)ccc1OC(C)C. The minimum absolute atomic E-state index is 0.00474. The van der Waals surface area contributed by atoms with Crippen molar-refractivity contribution in [2.24, 2.45) is 5.41 Å². The van der Waals surface area contributed by atoms with Crippen LogP contribution in [0.25, 0.3) is 0 Å². The van der Waals surface area contributed by atoms with Gasteiger partial charge in [0.05, 0.1) is 13.2 Å². The normalized spacial score (nSPS) is 24.7. The molecule has 4 nitrogen and oxygen atoms in total. The van der Waals surface area contributed by atoms with Gasteiger partial charge in [0, 0.05) is 24.6 Å². The first-order valence-corrected chi connectivity index (χ1v) is 8.16. The highest BCUT2D eigenvalue weighted by Crippen LogP contribution is 2.37. The maximum Gasteiger partial charge on any atom is 0.161 e. The molecule has 22 heavy (non-hydrogen) atoms. The molecule has 1 fully saturated rings. The van der Waals surface area contributed by atoms with Crippen LogP contribution in [-0.2, 0) is 6.54 Å². The van der Waals surface area contributed by atoms with Crippen molar-refractivity contribution in [1.82, 2.24) is 5.32 Å². The van der Waals surface area contributed by atoms with Crippen LogP contribution in [0, 0.1) is 5.41 Å². The maximum atomic E-state index is 9.62. The first-order chi connectivity index (χ1) is 10.5. The molecule has 1 aromatic rings. The van der Waals surface area contributed by atoms with Gasteiger partial charge in [-0.15, -0.1) is 0 Å². The van der Waals surface area contributed by atoms with Crippen molar-refractivity contribution >= 4 is 0 Å². The van der Waals surface area contributed by atoms with Crippen molar-refractivity contribution in [1.29, 1.82) is 0 Å². The molecule has 1 aliphatic rings. The molecule has 1 aliphatic carbocycles. The van der Waals surface area contributed by atoms with Crippen LogP contribution in [0.15, 0.2) is 18.2 Å². The fraction of sp³-hybridized carbons (Fsp3) is 0.667. The number of hydrogen-bond acceptors (Lipinski definition) is 4. The third-order valence-corrected chi connectivity index (χ3v) is 4.59. The predicted molar refractivity (Wildman–Crippen MR) is 88.4 cm³/mol. The number of aliphatic hydroxyl groups is 1. The van der Waals surface area contributed by atoms with Gasteiger partial charge < -0.3 is 19.9 Å². The summed E-state index contributed by atoms with van der Waals surface area (Å²) in [5, 5.41) is 13.2. The Bertz CT molecular complexity index is 489. The average molecular weight is 307 g/mol. The molecule has 0 bridgehead atoms. The lowest BCUT2D eigenvalue weighted by Crippen LogP contribution is -2.41. The number of benzene rings is 1. The fourth-order valence-corrected chi connectivity index (χ4v) is 3.18. The second-order valence-corrected chi connectivity index (χ2v) is 6.79. The van der Waals surface area contributed by atoms with E-state index in [0.29, 0.717) is 6.04 Å². The van der Waals surface area contributed by atoms with Gasteiger partial charge in [-0.25, -0.2) is 0 Å². The number of ether oxygens (including phenoxy) is 2. The molecule has 0 aliphatic heterocycles. The van der Waals surface area contributed by atoms with Crippen LogP contribution in [-0.4, -0.2) is 31.0 Å². The quantitative estimate of drug-likeness (QED) is 0.812. The van der Waals surface area contributed by atoms with Crippen LogP contribution < -0.4 is 14.8 Å². The zero-order chi connectivity index (χ0) is 16.2. The van der Waals surface area contributed by atoms with Crippen LogP contribution >= 0.6 is 0 Å². The zero-order valence-electron chi connectivity index (χ0n) is 14.2. The van der Waals surface area contributed by atoms with Crippen molar-refractivity contribution in [3.63, 3.8) is 0 Å². The Kier molecular flexibility index (Phi) is 5.70. The molecule has 2 rings (SSSR count). The summed E-state index contributed by atoms with van der Waals surface area (Å²) in [4.78, 5) is 0. The molecule has 2 atom stereocenters. The summed E-state index contributed by atoms with van der Waals surface area (Å²) in [5.41, 5.74) is 1.17. The Morgan fingerprint density at radius 1 is 1.36 bits per heavy atom. The number of rotatable bonds is 7. The van der Waals surface area contributed by atoms with E-state index in [1.54, 1.807) is 7.11 Å². The molecule has 0 heterocycles. The summed E-state index contributed by atoms with van der Waals surface area (Å²) >= 11 is 0. The summed E-state index contributed by atoms with van der Waals surface area (Å²) in [7, 11) is 1.67. The van der Waals surface area contributed by atoms with Gasteiger partial charge in [0.15, 0.2) is 11.5 Å². The molecule has 124 valence electrons. The smallest absolute Gasteiger partial charge is 0.161 e. The Morgan fingerprint density at radius 2 is 2.14 bits per heavy atom. The second-order valence-electron chi connectivity index (χ2n) is 6.79. The van der Waals surface area contributed by atoms with Crippen LogP contribution in [0.1, 0.15) is 45.6 Å². The molecule has 4 heteroatoms. The van der Waals surface area contributed by atoms with Gasteiger partial charge >= 0.3 is 0 Å². The monoisotopic (exact) mass is 307 g/mol. The topological polar surface area (TPSA) is 50.7 Å². The molecule has 1 saturated carbocycles. The lowest BCUT2D eigenvalue weighted by Gasteiger charge is -2.30. The average Bonchev–Trinajstić information content (AvgIpc) is 2.87. The molecule has 0 spiro atoms. The van der Waals surface area contributed by atoms with Gasteiger partial charge in [-0.1, -0.05) is 19.4 Å². The fourth-order valence-electron chi connectivity index (χ4n) is 3.18. The van der Waals surface area contributed by atoms with E-state index in [1.165, 1.54) is 12.0 Å². The van der Waals surface area contributed by atoms with Gasteiger partial charge in [-0.3, -0.25) is 0 Å². The van der Waals surface area contributed by atoms with E-state index in [4.69, 9.17) is 9.47 Å². The molecular weight excluding hydrogens is 278 g/mol. The third kappa shape index (κ3) is 3.93. The van der Waals surface area contributed by atoms with Crippen molar-refractivity contribution in [3.8, 4) is 11.5 Å². The highest BCUT2D eigenvalue weighted by Gasteiger charge is 2.37.